The highest BCUT2D eigenvalue weighted by atomic mass is 16.2. The molecule has 1 heterocycles. The third kappa shape index (κ3) is 4.65. The number of rotatable bonds is 9. The second-order valence-electron chi connectivity index (χ2n) is 7.54. The molecule has 2 saturated carbocycles. The summed E-state index contributed by atoms with van der Waals surface area (Å²) < 4.78 is 2.13. The van der Waals surface area contributed by atoms with E-state index in [2.05, 4.69) is 45.6 Å². The lowest BCUT2D eigenvalue weighted by atomic mass is 10.1. The monoisotopic (exact) mass is 352 g/mol. The number of hydrogen-bond donors (Lipinski definition) is 2. The summed E-state index contributed by atoms with van der Waals surface area (Å²) >= 11 is 0. The summed E-state index contributed by atoms with van der Waals surface area (Å²) in [6, 6.07) is 12.6. The molecule has 2 fully saturated rings. The molecule has 2 aliphatic rings. The maximum absolute atomic E-state index is 11.9. The molecule has 2 aliphatic carbocycles. The number of carbonyl (C=O) groups is 1. The van der Waals surface area contributed by atoms with Gasteiger partial charge in [-0.2, -0.15) is 5.10 Å². The molecule has 26 heavy (non-hydrogen) atoms. The van der Waals surface area contributed by atoms with Crippen molar-refractivity contribution in [1.29, 1.82) is 0 Å². The van der Waals surface area contributed by atoms with E-state index in [9.17, 15) is 4.79 Å². The van der Waals surface area contributed by atoms with Gasteiger partial charge in [0.2, 0.25) is 0 Å². The van der Waals surface area contributed by atoms with Gasteiger partial charge in [-0.15, -0.1) is 0 Å². The van der Waals surface area contributed by atoms with Gasteiger partial charge in [-0.05, 0) is 50.2 Å². The third-order valence-corrected chi connectivity index (χ3v) is 5.20. The molecule has 0 bridgehead atoms. The van der Waals surface area contributed by atoms with Crippen LogP contribution in [0.3, 0.4) is 0 Å². The van der Waals surface area contributed by atoms with Crippen LogP contribution in [-0.4, -0.2) is 28.9 Å². The molecule has 138 valence electrons. The van der Waals surface area contributed by atoms with Gasteiger partial charge in [0.1, 0.15) is 0 Å². The predicted octanol–water partition coefficient (Wildman–Crippen LogP) is 3.57. The second-order valence-corrected chi connectivity index (χ2v) is 7.54. The van der Waals surface area contributed by atoms with Crippen molar-refractivity contribution in [3.8, 4) is 0 Å². The topological polar surface area (TPSA) is 59.0 Å². The summed E-state index contributed by atoms with van der Waals surface area (Å²) in [5, 5.41) is 10.7. The van der Waals surface area contributed by atoms with Crippen molar-refractivity contribution >= 4 is 6.03 Å². The van der Waals surface area contributed by atoms with E-state index in [1.807, 2.05) is 6.07 Å². The minimum absolute atomic E-state index is 0.0828. The van der Waals surface area contributed by atoms with Crippen molar-refractivity contribution in [3.63, 3.8) is 0 Å². The van der Waals surface area contributed by atoms with Crippen LogP contribution >= 0.6 is 0 Å². The zero-order valence-electron chi connectivity index (χ0n) is 15.3. The van der Waals surface area contributed by atoms with E-state index in [0.29, 0.717) is 24.9 Å². The summed E-state index contributed by atoms with van der Waals surface area (Å²) in [5.41, 5.74) is 3.95. The largest absolute Gasteiger partial charge is 0.338 e. The number of aromatic nitrogens is 2. The first-order chi connectivity index (χ1) is 12.8. The summed E-state index contributed by atoms with van der Waals surface area (Å²) in [6.07, 6.45) is 7.07. The average Bonchev–Trinajstić information content (AvgIpc) is 3.58. The smallest absolute Gasteiger partial charge is 0.314 e. The quantitative estimate of drug-likeness (QED) is 0.678. The van der Waals surface area contributed by atoms with Crippen molar-refractivity contribution in [2.24, 2.45) is 0 Å². The zero-order valence-corrected chi connectivity index (χ0v) is 15.3. The number of hydrogen-bond acceptors (Lipinski definition) is 2. The Morgan fingerprint density at radius 2 is 1.77 bits per heavy atom. The molecule has 2 amide bonds. The fourth-order valence-electron chi connectivity index (χ4n) is 3.39. The van der Waals surface area contributed by atoms with Crippen molar-refractivity contribution in [2.45, 2.75) is 56.9 Å². The highest BCUT2D eigenvalue weighted by molar-refractivity contribution is 5.73. The van der Waals surface area contributed by atoms with Gasteiger partial charge in [-0.3, -0.25) is 4.68 Å². The number of amides is 2. The van der Waals surface area contributed by atoms with E-state index < -0.39 is 0 Å². The number of nitrogens with zero attached hydrogens (tertiary/aromatic N) is 2. The summed E-state index contributed by atoms with van der Waals surface area (Å²) in [7, 11) is 0. The summed E-state index contributed by atoms with van der Waals surface area (Å²) in [6.45, 7) is 2.08. The fraction of sp³-hybridized carbons (Fsp3) is 0.524. The van der Waals surface area contributed by atoms with E-state index in [1.165, 1.54) is 42.6 Å². The molecule has 0 saturated heterocycles. The standard InChI is InChI=1S/C21H28N4O/c26-21(22-12-4-7-16-5-2-1-3-6-16)23-13-14-25-20(18-10-11-18)15-19(24-25)17-8-9-17/h1-3,5-6,15,17-18H,4,7-14H2,(H2,22,23,26). The van der Waals surface area contributed by atoms with E-state index in [4.69, 9.17) is 5.10 Å². The van der Waals surface area contributed by atoms with Crippen LogP contribution in [0.25, 0.3) is 0 Å². The predicted molar refractivity (Wildman–Crippen MR) is 102 cm³/mol. The number of nitrogens with one attached hydrogen (secondary N) is 2. The van der Waals surface area contributed by atoms with Gasteiger partial charge in [0.15, 0.2) is 0 Å². The number of urea groups is 1. The maximum atomic E-state index is 11.9. The minimum Gasteiger partial charge on any atom is -0.338 e. The van der Waals surface area contributed by atoms with Crippen molar-refractivity contribution in [2.75, 3.05) is 13.1 Å². The lowest BCUT2D eigenvalue weighted by Crippen LogP contribution is -2.38. The van der Waals surface area contributed by atoms with Gasteiger partial charge in [0.05, 0.1) is 12.2 Å². The first-order valence-corrected chi connectivity index (χ1v) is 9.93. The summed E-state index contributed by atoms with van der Waals surface area (Å²) in [4.78, 5) is 11.9. The minimum atomic E-state index is -0.0828. The highest BCUT2D eigenvalue weighted by Gasteiger charge is 2.32. The van der Waals surface area contributed by atoms with Crippen LogP contribution in [0.5, 0.6) is 0 Å². The molecule has 5 heteroatoms. The van der Waals surface area contributed by atoms with Gasteiger partial charge < -0.3 is 10.6 Å². The van der Waals surface area contributed by atoms with E-state index >= 15 is 0 Å². The second kappa shape index (κ2) is 7.94. The van der Waals surface area contributed by atoms with E-state index in [1.54, 1.807) is 0 Å². The molecular formula is C21H28N4O. The molecule has 0 aliphatic heterocycles. The van der Waals surface area contributed by atoms with Gasteiger partial charge in [0, 0.05) is 30.6 Å². The molecule has 0 atom stereocenters. The van der Waals surface area contributed by atoms with Crippen LogP contribution in [0.2, 0.25) is 0 Å². The molecule has 5 nitrogen and oxygen atoms in total. The first-order valence-electron chi connectivity index (χ1n) is 9.93. The fourth-order valence-corrected chi connectivity index (χ4v) is 3.39. The number of carbonyl (C=O) groups excluding carboxylic acids is 1. The molecule has 1 aromatic heterocycles. The molecular weight excluding hydrogens is 324 g/mol. The number of aryl methyl sites for hydroxylation is 1. The Kier molecular flexibility index (Phi) is 5.23. The lowest BCUT2D eigenvalue weighted by molar-refractivity contribution is 0.240. The van der Waals surface area contributed by atoms with Crippen LogP contribution in [0.15, 0.2) is 36.4 Å². The van der Waals surface area contributed by atoms with Crippen LogP contribution in [0.4, 0.5) is 4.79 Å². The van der Waals surface area contributed by atoms with Gasteiger partial charge in [-0.25, -0.2) is 4.79 Å². The molecule has 0 radical (unpaired) electrons. The molecule has 0 unspecified atom stereocenters. The molecule has 4 rings (SSSR count). The Morgan fingerprint density at radius 1 is 1.04 bits per heavy atom. The van der Waals surface area contributed by atoms with Gasteiger partial charge >= 0.3 is 6.03 Å². The Hall–Kier alpha value is -2.30. The van der Waals surface area contributed by atoms with Crippen LogP contribution in [-0.2, 0) is 13.0 Å². The normalized spacial score (nSPS) is 16.5. The Morgan fingerprint density at radius 3 is 2.50 bits per heavy atom. The maximum Gasteiger partial charge on any atom is 0.314 e. The zero-order chi connectivity index (χ0) is 17.8. The van der Waals surface area contributed by atoms with Crippen LogP contribution in [0, 0.1) is 0 Å². The third-order valence-electron chi connectivity index (χ3n) is 5.20. The number of benzene rings is 1. The SMILES string of the molecule is O=C(NCCCc1ccccc1)NCCn1nc(C2CC2)cc1C1CC1. The van der Waals surface area contributed by atoms with Crippen molar-refractivity contribution in [1.82, 2.24) is 20.4 Å². The molecule has 2 aromatic rings. The molecule has 2 N–H and O–H groups in total. The summed E-state index contributed by atoms with van der Waals surface area (Å²) in [5.74, 6) is 1.39. The van der Waals surface area contributed by atoms with E-state index in [0.717, 1.165) is 19.4 Å². The molecule has 0 spiro atoms. The van der Waals surface area contributed by atoms with Crippen LogP contribution < -0.4 is 10.6 Å². The van der Waals surface area contributed by atoms with Gasteiger partial charge in [0.25, 0.3) is 0 Å². The highest BCUT2D eigenvalue weighted by Crippen LogP contribution is 2.44. The Labute approximate surface area is 155 Å². The Bertz CT molecular complexity index is 732. The molecule has 1 aromatic carbocycles. The van der Waals surface area contributed by atoms with Crippen molar-refractivity contribution in [3.05, 3.63) is 53.3 Å². The average molecular weight is 352 g/mol. The van der Waals surface area contributed by atoms with Crippen molar-refractivity contribution < 1.29 is 4.79 Å². The first kappa shape index (κ1) is 17.1. The lowest BCUT2D eigenvalue weighted by Gasteiger charge is -2.09. The van der Waals surface area contributed by atoms with E-state index in [-0.39, 0.29) is 6.03 Å². The Balaban J connectivity index is 1.16. The van der Waals surface area contributed by atoms with Crippen LogP contribution in [0.1, 0.15) is 60.9 Å². The van der Waals surface area contributed by atoms with Gasteiger partial charge in [-0.1, -0.05) is 30.3 Å².